The minimum absolute atomic E-state index is 0.491. The van der Waals surface area contributed by atoms with Crippen LogP contribution in [0.3, 0.4) is 0 Å². The van der Waals surface area contributed by atoms with Gasteiger partial charge in [0.1, 0.15) is 7.85 Å². The molecule has 1 nitrogen and oxygen atoms in total. The zero-order valence-electron chi connectivity index (χ0n) is 7.63. The zero-order chi connectivity index (χ0) is 9.84. The Kier molecular flexibility index (Phi) is 3.82. The summed E-state index contributed by atoms with van der Waals surface area (Å²) in [5.41, 5.74) is 1.22. The lowest BCUT2D eigenvalue weighted by Crippen LogP contribution is -2.15. The van der Waals surface area contributed by atoms with E-state index < -0.39 is 6.10 Å². The van der Waals surface area contributed by atoms with E-state index in [4.69, 9.17) is 19.4 Å². The van der Waals surface area contributed by atoms with E-state index in [1.54, 1.807) is 12.1 Å². The van der Waals surface area contributed by atoms with Crippen LogP contribution in [0.2, 0.25) is 5.02 Å². The third kappa shape index (κ3) is 2.49. The van der Waals surface area contributed by atoms with Crippen LogP contribution in [0, 0.1) is 0 Å². The van der Waals surface area contributed by atoms with Crippen molar-refractivity contribution < 1.29 is 5.11 Å². The molecule has 13 heavy (non-hydrogen) atoms. The Morgan fingerprint density at radius 1 is 1.54 bits per heavy atom. The first kappa shape index (κ1) is 10.6. The van der Waals surface area contributed by atoms with Gasteiger partial charge in [0.25, 0.3) is 0 Å². The second-order valence-electron chi connectivity index (χ2n) is 3.05. The van der Waals surface area contributed by atoms with Crippen LogP contribution in [0.1, 0.15) is 31.4 Å². The third-order valence-electron chi connectivity index (χ3n) is 2.01. The van der Waals surface area contributed by atoms with E-state index in [1.807, 2.05) is 13.0 Å². The molecule has 0 saturated carbocycles. The molecule has 0 aliphatic rings. The fraction of sp³-hybridized carbons (Fsp3) is 0.400. The highest BCUT2D eigenvalue weighted by Gasteiger charge is 2.09. The summed E-state index contributed by atoms with van der Waals surface area (Å²) in [5, 5.41) is 10.2. The Labute approximate surface area is 85.1 Å². The molecule has 1 aromatic rings. The predicted octanol–water partition coefficient (Wildman–Crippen LogP) is 1.97. The molecule has 0 spiro atoms. The average Bonchev–Trinajstić information content (AvgIpc) is 2.10. The lowest BCUT2D eigenvalue weighted by Gasteiger charge is -2.13. The van der Waals surface area contributed by atoms with Crippen molar-refractivity contribution >= 4 is 24.9 Å². The van der Waals surface area contributed by atoms with Crippen molar-refractivity contribution in [1.82, 2.24) is 0 Å². The van der Waals surface area contributed by atoms with Crippen LogP contribution in [0.5, 0.6) is 0 Å². The molecule has 0 aromatic heterocycles. The van der Waals surface area contributed by atoms with E-state index >= 15 is 0 Å². The van der Waals surface area contributed by atoms with Gasteiger partial charge in [0, 0.05) is 5.02 Å². The summed E-state index contributed by atoms with van der Waals surface area (Å²) >= 11 is 5.82. The van der Waals surface area contributed by atoms with Crippen molar-refractivity contribution in [3.05, 3.63) is 28.8 Å². The van der Waals surface area contributed by atoms with Gasteiger partial charge in [-0.3, -0.25) is 0 Å². The van der Waals surface area contributed by atoms with Gasteiger partial charge in [0.05, 0.1) is 6.10 Å². The van der Waals surface area contributed by atoms with Crippen LogP contribution >= 0.6 is 11.6 Å². The number of hydrogen-bond acceptors (Lipinski definition) is 1. The minimum atomic E-state index is -0.497. The SMILES string of the molecule is [B]c1c(Cl)cccc1C(O)CCC. The normalized spacial score (nSPS) is 12.8. The topological polar surface area (TPSA) is 20.2 Å². The molecule has 0 aliphatic carbocycles. The highest BCUT2D eigenvalue weighted by atomic mass is 35.5. The molecule has 68 valence electrons. The third-order valence-corrected chi connectivity index (χ3v) is 2.34. The molecule has 0 amide bonds. The van der Waals surface area contributed by atoms with Gasteiger partial charge >= 0.3 is 0 Å². The van der Waals surface area contributed by atoms with Crippen molar-refractivity contribution in [1.29, 1.82) is 0 Å². The summed E-state index contributed by atoms with van der Waals surface area (Å²) < 4.78 is 0. The number of aliphatic hydroxyl groups excluding tert-OH is 1. The van der Waals surface area contributed by atoms with E-state index in [0.29, 0.717) is 16.9 Å². The summed E-state index contributed by atoms with van der Waals surface area (Å²) in [6, 6.07) is 5.33. The first-order valence-electron chi connectivity index (χ1n) is 4.38. The molecule has 0 saturated heterocycles. The highest BCUT2D eigenvalue weighted by Crippen LogP contribution is 2.18. The van der Waals surface area contributed by atoms with Crippen molar-refractivity contribution in [3.63, 3.8) is 0 Å². The van der Waals surface area contributed by atoms with Crippen LogP contribution in [0.4, 0.5) is 0 Å². The maximum atomic E-state index is 9.69. The van der Waals surface area contributed by atoms with Gasteiger partial charge in [0.2, 0.25) is 0 Å². The van der Waals surface area contributed by atoms with Crippen molar-refractivity contribution in [3.8, 4) is 0 Å². The number of aliphatic hydroxyl groups is 1. The van der Waals surface area contributed by atoms with Crippen molar-refractivity contribution in [2.75, 3.05) is 0 Å². The van der Waals surface area contributed by atoms with Crippen molar-refractivity contribution in [2.45, 2.75) is 25.9 Å². The molecule has 2 radical (unpaired) electrons. The van der Waals surface area contributed by atoms with E-state index in [-0.39, 0.29) is 0 Å². The van der Waals surface area contributed by atoms with E-state index in [0.717, 1.165) is 12.0 Å². The molecule has 3 heteroatoms. The molecule has 1 atom stereocenters. The van der Waals surface area contributed by atoms with Gasteiger partial charge < -0.3 is 5.11 Å². The Bertz CT molecular complexity index is 288. The summed E-state index contributed by atoms with van der Waals surface area (Å²) in [4.78, 5) is 0. The molecule has 0 heterocycles. The maximum absolute atomic E-state index is 9.69. The Balaban J connectivity index is 2.93. The van der Waals surface area contributed by atoms with Gasteiger partial charge in [-0.15, -0.1) is 0 Å². The predicted molar refractivity (Wildman–Crippen MR) is 56.7 cm³/mol. The second kappa shape index (κ2) is 4.68. The molecular formula is C10H12BClO. The fourth-order valence-corrected chi connectivity index (χ4v) is 1.46. The van der Waals surface area contributed by atoms with E-state index in [9.17, 15) is 5.11 Å². The molecule has 1 N–H and O–H groups in total. The number of rotatable bonds is 3. The van der Waals surface area contributed by atoms with Crippen LogP contribution < -0.4 is 5.46 Å². The summed E-state index contributed by atoms with van der Waals surface area (Å²) in [6.45, 7) is 2.02. The van der Waals surface area contributed by atoms with Crippen LogP contribution in [0.25, 0.3) is 0 Å². The molecular weight excluding hydrogens is 182 g/mol. The monoisotopic (exact) mass is 194 g/mol. The van der Waals surface area contributed by atoms with Gasteiger partial charge in [-0.2, -0.15) is 0 Å². The second-order valence-corrected chi connectivity index (χ2v) is 3.45. The highest BCUT2D eigenvalue weighted by molar-refractivity contribution is 6.45. The lowest BCUT2D eigenvalue weighted by atomic mass is 9.87. The van der Waals surface area contributed by atoms with Crippen LogP contribution in [-0.4, -0.2) is 13.0 Å². The Morgan fingerprint density at radius 2 is 2.23 bits per heavy atom. The first-order chi connectivity index (χ1) is 6.16. The zero-order valence-corrected chi connectivity index (χ0v) is 8.38. The average molecular weight is 194 g/mol. The smallest absolute Gasteiger partial charge is 0.116 e. The largest absolute Gasteiger partial charge is 0.388 e. The molecule has 1 aromatic carbocycles. The number of benzene rings is 1. The maximum Gasteiger partial charge on any atom is 0.116 e. The van der Waals surface area contributed by atoms with Crippen molar-refractivity contribution in [2.24, 2.45) is 0 Å². The van der Waals surface area contributed by atoms with Gasteiger partial charge in [-0.1, -0.05) is 42.5 Å². The van der Waals surface area contributed by atoms with Gasteiger partial charge in [-0.05, 0) is 18.1 Å². The Morgan fingerprint density at radius 3 is 2.85 bits per heavy atom. The summed E-state index contributed by atoms with van der Waals surface area (Å²) in [5.74, 6) is 0. The van der Waals surface area contributed by atoms with E-state index in [2.05, 4.69) is 0 Å². The molecule has 0 bridgehead atoms. The van der Waals surface area contributed by atoms with Crippen LogP contribution in [0.15, 0.2) is 18.2 Å². The Hall–Kier alpha value is -0.465. The lowest BCUT2D eigenvalue weighted by molar-refractivity contribution is 0.167. The summed E-state index contributed by atoms with van der Waals surface area (Å²) in [7, 11) is 5.72. The summed E-state index contributed by atoms with van der Waals surface area (Å²) in [6.07, 6.45) is 1.14. The molecule has 0 aliphatic heterocycles. The molecule has 1 rings (SSSR count). The van der Waals surface area contributed by atoms with Gasteiger partial charge in [0.15, 0.2) is 0 Å². The standard InChI is InChI=1S/C10H12BClO/c1-2-4-9(13)7-5-3-6-8(12)10(7)11/h3,5-6,9,13H,2,4H2,1H3. The van der Waals surface area contributed by atoms with Gasteiger partial charge in [-0.25, -0.2) is 0 Å². The van der Waals surface area contributed by atoms with E-state index in [1.165, 1.54) is 0 Å². The first-order valence-corrected chi connectivity index (χ1v) is 4.76. The quantitative estimate of drug-likeness (QED) is 0.730. The molecule has 0 fully saturated rings. The fourth-order valence-electron chi connectivity index (χ4n) is 1.27. The minimum Gasteiger partial charge on any atom is -0.388 e. The molecule has 1 unspecified atom stereocenters. The number of hydrogen-bond donors (Lipinski definition) is 1. The number of halogens is 1. The van der Waals surface area contributed by atoms with Crippen LogP contribution in [-0.2, 0) is 0 Å².